The fourth-order valence-corrected chi connectivity index (χ4v) is 3.78. The summed E-state index contributed by atoms with van der Waals surface area (Å²) >= 11 is 0. The predicted molar refractivity (Wildman–Crippen MR) is 96.0 cm³/mol. The summed E-state index contributed by atoms with van der Waals surface area (Å²) in [7, 11) is -3.73. The lowest BCUT2D eigenvalue weighted by Crippen LogP contribution is -2.17. The van der Waals surface area contributed by atoms with E-state index in [1.807, 2.05) is 18.3 Å². The molecule has 0 saturated carbocycles. The molecule has 0 unspecified atom stereocenters. The molecule has 1 N–H and O–H groups in total. The van der Waals surface area contributed by atoms with E-state index in [-0.39, 0.29) is 4.90 Å². The zero-order chi connectivity index (χ0) is 18.0. The lowest BCUT2D eigenvalue weighted by molar-refractivity contribution is 0.171. The van der Waals surface area contributed by atoms with Gasteiger partial charge in [-0.15, -0.1) is 0 Å². The van der Waals surface area contributed by atoms with Crippen molar-refractivity contribution in [1.29, 1.82) is 0 Å². The maximum atomic E-state index is 12.7. The summed E-state index contributed by atoms with van der Waals surface area (Å²) in [4.78, 5) is 0.124. The Labute approximate surface area is 151 Å². The van der Waals surface area contributed by atoms with Crippen LogP contribution in [-0.2, 0) is 16.6 Å². The SMILES string of the molecule is O=S(=O)(Nc1cccc(Cn2cccn2)c1)c1ccc2c(c1)OCCO2. The van der Waals surface area contributed by atoms with Crippen LogP contribution in [-0.4, -0.2) is 31.4 Å². The number of anilines is 1. The molecule has 7 nitrogen and oxygen atoms in total. The van der Waals surface area contributed by atoms with E-state index in [1.54, 1.807) is 35.1 Å². The third-order valence-electron chi connectivity index (χ3n) is 3.91. The Morgan fingerprint density at radius 1 is 1.04 bits per heavy atom. The van der Waals surface area contributed by atoms with Gasteiger partial charge in [0.25, 0.3) is 10.0 Å². The summed E-state index contributed by atoms with van der Waals surface area (Å²) in [6, 6.07) is 13.7. The Bertz CT molecular complexity index is 1020. The molecule has 0 fully saturated rings. The van der Waals surface area contributed by atoms with Gasteiger partial charge in [0, 0.05) is 24.1 Å². The summed E-state index contributed by atoms with van der Waals surface area (Å²) in [6.45, 7) is 1.42. The molecule has 8 heteroatoms. The number of hydrogen-bond donors (Lipinski definition) is 1. The zero-order valence-corrected chi connectivity index (χ0v) is 14.6. The van der Waals surface area contributed by atoms with E-state index in [4.69, 9.17) is 9.47 Å². The summed E-state index contributed by atoms with van der Waals surface area (Å²) in [6.07, 6.45) is 3.56. The van der Waals surface area contributed by atoms with Crippen LogP contribution in [0, 0.1) is 0 Å². The van der Waals surface area contributed by atoms with Crippen molar-refractivity contribution in [2.75, 3.05) is 17.9 Å². The number of aromatic nitrogens is 2. The van der Waals surface area contributed by atoms with Gasteiger partial charge in [-0.2, -0.15) is 5.10 Å². The quantitative estimate of drug-likeness (QED) is 0.745. The smallest absolute Gasteiger partial charge is 0.262 e. The molecule has 3 aromatic rings. The topological polar surface area (TPSA) is 82.5 Å². The van der Waals surface area contributed by atoms with E-state index in [1.165, 1.54) is 12.1 Å². The first kappa shape index (κ1) is 16.5. The summed E-state index contributed by atoms with van der Waals surface area (Å²) in [5.41, 5.74) is 1.43. The number of benzene rings is 2. The van der Waals surface area contributed by atoms with Gasteiger partial charge in [-0.1, -0.05) is 12.1 Å². The van der Waals surface area contributed by atoms with Gasteiger partial charge in [-0.05, 0) is 35.9 Å². The molecule has 0 radical (unpaired) electrons. The van der Waals surface area contributed by atoms with Crippen molar-refractivity contribution in [2.24, 2.45) is 0 Å². The van der Waals surface area contributed by atoms with Gasteiger partial charge in [0.15, 0.2) is 11.5 Å². The number of nitrogens with zero attached hydrogens (tertiary/aromatic N) is 2. The van der Waals surface area contributed by atoms with Gasteiger partial charge in [-0.3, -0.25) is 9.40 Å². The molecule has 0 amide bonds. The third kappa shape index (κ3) is 3.50. The van der Waals surface area contributed by atoms with Crippen LogP contribution in [0.4, 0.5) is 5.69 Å². The van der Waals surface area contributed by atoms with Crippen molar-refractivity contribution < 1.29 is 17.9 Å². The lowest BCUT2D eigenvalue weighted by atomic mass is 10.2. The molecular weight excluding hydrogens is 354 g/mol. The van der Waals surface area contributed by atoms with Gasteiger partial charge in [0.1, 0.15) is 13.2 Å². The highest BCUT2D eigenvalue weighted by Gasteiger charge is 2.19. The minimum Gasteiger partial charge on any atom is -0.486 e. The van der Waals surface area contributed by atoms with E-state index in [0.717, 1.165) is 5.56 Å². The second kappa shape index (κ2) is 6.72. The highest BCUT2D eigenvalue weighted by Crippen LogP contribution is 2.32. The molecule has 2 aromatic carbocycles. The van der Waals surface area contributed by atoms with Crippen LogP contribution in [0.2, 0.25) is 0 Å². The van der Waals surface area contributed by atoms with Gasteiger partial charge >= 0.3 is 0 Å². The Kier molecular flexibility index (Phi) is 4.26. The molecule has 4 rings (SSSR count). The molecule has 1 aromatic heterocycles. The summed E-state index contributed by atoms with van der Waals surface area (Å²) in [5, 5.41) is 4.16. The second-order valence-electron chi connectivity index (χ2n) is 5.81. The van der Waals surface area contributed by atoms with Gasteiger partial charge < -0.3 is 9.47 Å². The monoisotopic (exact) mass is 371 g/mol. The number of fused-ring (bicyclic) bond motifs is 1. The molecule has 0 spiro atoms. The molecule has 134 valence electrons. The van der Waals surface area contributed by atoms with Crippen LogP contribution in [0.25, 0.3) is 0 Å². The van der Waals surface area contributed by atoms with Crippen molar-refractivity contribution in [3.05, 3.63) is 66.5 Å². The largest absolute Gasteiger partial charge is 0.486 e. The Balaban J connectivity index is 1.56. The highest BCUT2D eigenvalue weighted by atomic mass is 32.2. The number of hydrogen-bond acceptors (Lipinski definition) is 5. The summed E-state index contributed by atoms with van der Waals surface area (Å²) < 4.78 is 40.6. The number of ether oxygens (including phenoxy) is 2. The fraction of sp³-hybridized carbons (Fsp3) is 0.167. The molecule has 26 heavy (non-hydrogen) atoms. The molecule has 0 saturated heterocycles. The second-order valence-corrected chi connectivity index (χ2v) is 7.50. The van der Waals surface area contributed by atoms with Gasteiger partial charge in [-0.25, -0.2) is 8.42 Å². The van der Waals surface area contributed by atoms with Crippen LogP contribution in [0.15, 0.2) is 65.8 Å². The van der Waals surface area contributed by atoms with E-state index in [9.17, 15) is 8.42 Å². The van der Waals surface area contributed by atoms with Crippen molar-refractivity contribution >= 4 is 15.7 Å². The summed E-state index contributed by atoms with van der Waals surface area (Å²) in [5.74, 6) is 0.989. The van der Waals surface area contributed by atoms with Crippen molar-refractivity contribution in [3.63, 3.8) is 0 Å². The molecule has 0 aliphatic carbocycles. The van der Waals surface area contributed by atoms with Crippen LogP contribution < -0.4 is 14.2 Å². The Morgan fingerprint density at radius 2 is 1.88 bits per heavy atom. The molecule has 2 heterocycles. The third-order valence-corrected chi connectivity index (χ3v) is 5.29. The van der Waals surface area contributed by atoms with Crippen LogP contribution in [0.3, 0.4) is 0 Å². The van der Waals surface area contributed by atoms with Crippen LogP contribution in [0.1, 0.15) is 5.56 Å². The lowest BCUT2D eigenvalue weighted by Gasteiger charge is -2.19. The first-order valence-corrected chi connectivity index (χ1v) is 9.57. The minimum atomic E-state index is -3.73. The van der Waals surface area contributed by atoms with E-state index < -0.39 is 10.0 Å². The van der Waals surface area contributed by atoms with Crippen LogP contribution in [0.5, 0.6) is 11.5 Å². The molecule has 0 atom stereocenters. The Morgan fingerprint density at radius 3 is 2.69 bits per heavy atom. The molecule has 0 bridgehead atoms. The Hall–Kier alpha value is -3.00. The van der Waals surface area contributed by atoms with Crippen molar-refractivity contribution in [3.8, 4) is 11.5 Å². The average molecular weight is 371 g/mol. The standard InChI is InChI=1S/C18H17N3O4S/c22-26(23,16-5-6-17-18(12-16)25-10-9-24-17)20-15-4-1-3-14(11-15)13-21-8-2-7-19-21/h1-8,11-12,20H,9-10,13H2. The molecule has 1 aliphatic rings. The van der Waals surface area contributed by atoms with E-state index in [2.05, 4.69) is 9.82 Å². The minimum absolute atomic E-state index is 0.124. The van der Waals surface area contributed by atoms with Gasteiger partial charge in [0.2, 0.25) is 0 Å². The highest BCUT2D eigenvalue weighted by molar-refractivity contribution is 7.92. The average Bonchev–Trinajstić information content (AvgIpc) is 3.14. The maximum absolute atomic E-state index is 12.7. The van der Waals surface area contributed by atoms with Gasteiger partial charge in [0.05, 0.1) is 11.4 Å². The zero-order valence-electron chi connectivity index (χ0n) is 13.8. The maximum Gasteiger partial charge on any atom is 0.262 e. The number of rotatable bonds is 5. The van der Waals surface area contributed by atoms with E-state index in [0.29, 0.717) is 36.9 Å². The number of nitrogens with one attached hydrogen (secondary N) is 1. The fourth-order valence-electron chi connectivity index (χ4n) is 2.72. The normalized spacial score (nSPS) is 13.4. The molecule has 1 aliphatic heterocycles. The predicted octanol–water partition coefficient (Wildman–Crippen LogP) is 2.50. The van der Waals surface area contributed by atoms with Crippen molar-refractivity contribution in [2.45, 2.75) is 11.4 Å². The molecular formula is C18H17N3O4S. The van der Waals surface area contributed by atoms with E-state index >= 15 is 0 Å². The van der Waals surface area contributed by atoms with Crippen LogP contribution >= 0.6 is 0 Å². The van der Waals surface area contributed by atoms with Crippen molar-refractivity contribution in [1.82, 2.24) is 9.78 Å². The number of sulfonamides is 1. The first-order chi connectivity index (χ1) is 12.6. The first-order valence-electron chi connectivity index (χ1n) is 8.09.